The summed E-state index contributed by atoms with van der Waals surface area (Å²) in [7, 11) is 3.28. The van der Waals surface area contributed by atoms with Crippen LogP contribution in [-0.4, -0.2) is 36.9 Å². The van der Waals surface area contributed by atoms with Crippen LogP contribution in [0.25, 0.3) is 0 Å². The van der Waals surface area contributed by atoms with Gasteiger partial charge in [-0.1, -0.05) is 54.6 Å². The van der Waals surface area contributed by atoms with Gasteiger partial charge in [-0.15, -0.1) is 0 Å². The van der Waals surface area contributed by atoms with Crippen LogP contribution in [-0.2, 0) is 15.1 Å². The Hall–Kier alpha value is -4.14. The quantitative estimate of drug-likeness (QED) is 0.308. The molecule has 2 N–H and O–H groups in total. The van der Waals surface area contributed by atoms with Crippen molar-refractivity contribution in [1.82, 2.24) is 9.97 Å². The third-order valence-corrected chi connectivity index (χ3v) is 7.31. The lowest BCUT2D eigenvalue weighted by atomic mass is 9.80. The highest BCUT2D eigenvalue weighted by Crippen LogP contribution is 2.43. The molecular formula is C31H32N2O6. The van der Waals surface area contributed by atoms with Crippen molar-refractivity contribution in [2.24, 2.45) is 0 Å². The lowest BCUT2D eigenvalue weighted by molar-refractivity contribution is -0.0630. The SMILES string of the molecule is COc1ccc(C(OCC2CCC(c3[nH]c(=O)[nH]c(=O)c3C)O2)(c2ccccc2)c2ccc(OC)cc2)cc1. The molecule has 8 nitrogen and oxygen atoms in total. The largest absolute Gasteiger partial charge is 0.497 e. The van der Waals surface area contributed by atoms with Crippen LogP contribution in [0.4, 0.5) is 0 Å². The van der Waals surface area contributed by atoms with Crippen LogP contribution >= 0.6 is 0 Å². The van der Waals surface area contributed by atoms with E-state index in [4.69, 9.17) is 18.9 Å². The number of hydrogen-bond donors (Lipinski definition) is 2. The van der Waals surface area contributed by atoms with Gasteiger partial charge in [0.15, 0.2) is 0 Å². The van der Waals surface area contributed by atoms with E-state index in [2.05, 4.69) is 22.1 Å². The fourth-order valence-electron chi connectivity index (χ4n) is 5.22. The third-order valence-electron chi connectivity index (χ3n) is 7.31. The molecule has 1 saturated heterocycles. The molecule has 0 saturated carbocycles. The smallest absolute Gasteiger partial charge is 0.325 e. The maximum Gasteiger partial charge on any atom is 0.325 e. The predicted octanol–water partition coefficient (Wildman–Crippen LogP) is 4.62. The molecule has 1 aliphatic heterocycles. The Morgan fingerprint density at radius 1 is 0.795 bits per heavy atom. The highest BCUT2D eigenvalue weighted by molar-refractivity contribution is 5.49. The molecular weight excluding hydrogens is 496 g/mol. The van der Waals surface area contributed by atoms with E-state index >= 15 is 0 Å². The van der Waals surface area contributed by atoms with Crippen LogP contribution in [0.1, 0.15) is 46.9 Å². The monoisotopic (exact) mass is 528 g/mol. The second kappa shape index (κ2) is 11.3. The summed E-state index contributed by atoms with van der Waals surface area (Å²) >= 11 is 0. The molecule has 1 aromatic heterocycles. The number of aromatic nitrogens is 2. The first-order valence-corrected chi connectivity index (χ1v) is 12.9. The molecule has 2 heterocycles. The summed E-state index contributed by atoms with van der Waals surface area (Å²) in [6.45, 7) is 1.97. The minimum Gasteiger partial charge on any atom is -0.497 e. The van der Waals surface area contributed by atoms with E-state index in [1.165, 1.54) is 0 Å². The van der Waals surface area contributed by atoms with Gasteiger partial charge < -0.3 is 23.9 Å². The van der Waals surface area contributed by atoms with Crippen molar-refractivity contribution < 1.29 is 18.9 Å². The second-order valence-electron chi connectivity index (χ2n) is 9.59. The fraction of sp³-hybridized carbons (Fsp3) is 0.290. The van der Waals surface area contributed by atoms with Crippen LogP contribution in [0.3, 0.4) is 0 Å². The van der Waals surface area contributed by atoms with E-state index in [0.29, 0.717) is 17.7 Å². The Kier molecular flexibility index (Phi) is 7.67. The van der Waals surface area contributed by atoms with Gasteiger partial charge in [-0.05, 0) is 60.7 Å². The fourth-order valence-corrected chi connectivity index (χ4v) is 5.22. The molecule has 5 rings (SSSR count). The first-order chi connectivity index (χ1) is 18.9. The van der Waals surface area contributed by atoms with Crippen molar-refractivity contribution in [3.63, 3.8) is 0 Å². The van der Waals surface area contributed by atoms with Crippen molar-refractivity contribution in [2.45, 2.75) is 37.6 Å². The number of nitrogens with one attached hydrogen (secondary N) is 2. The summed E-state index contributed by atoms with van der Waals surface area (Å²) in [4.78, 5) is 29.1. The number of H-pyrrole nitrogens is 2. The molecule has 202 valence electrons. The molecule has 3 aromatic carbocycles. The van der Waals surface area contributed by atoms with Crippen LogP contribution in [0.15, 0.2) is 88.5 Å². The average Bonchev–Trinajstić information content (AvgIpc) is 3.45. The molecule has 2 atom stereocenters. The van der Waals surface area contributed by atoms with Crippen LogP contribution in [0.5, 0.6) is 11.5 Å². The van der Waals surface area contributed by atoms with E-state index in [9.17, 15) is 9.59 Å². The van der Waals surface area contributed by atoms with Gasteiger partial charge in [0, 0.05) is 5.56 Å². The maximum atomic E-state index is 12.1. The topological polar surface area (TPSA) is 103 Å². The van der Waals surface area contributed by atoms with Crippen molar-refractivity contribution in [3.8, 4) is 11.5 Å². The summed E-state index contributed by atoms with van der Waals surface area (Å²) in [5, 5.41) is 0. The first kappa shape index (κ1) is 26.5. The van der Waals surface area contributed by atoms with E-state index in [1.807, 2.05) is 66.7 Å². The van der Waals surface area contributed by atoms with E-state index in [-0.39, 0.29) is 18.8 Å². The van der Waals surface area contributed by atoms with Gasteiger partial charge in [-0.25, -0.2) is 4.79 Å². The maximum absolute atomic E-state index is 12.1. The Labute approximate surface area is 226 Å². The number of benzene rings is 3. The normalized spacial score (nSPS) is 17.2. The zero-order valence-corrected chi connectivity index (χ0v) is 22.2. The second-order valence-corrected chi connectivity index (χ2v) is 9.59. The van der Waals surface area contributed by atoms with Crippen LogP contribution in [0.2, 0.25) is 0 Å². The Bertz CT molecular complexity index is 1460. The molecule has 0 amide bonds. The molecule has 1 fully saturated rings. The van der Waals surface area contributed by atoms with Gasteiger partial charge >= 0.3 is 5.69 Å². The number of rotatable bonds is 9. The summed E-state index contributed by atoms with van der Waals surface area (Å²) in [6, 6.07) is 25.8. The summed E-state index contributed by atoms with van der Waals surface area (Å²) < 4.78 is 24.1. The summed E-state index contributed by atoms with van der Waals surface area (Å²) in [5.74, 6) is 1.50. The Balaban J connectivity index is 1.52. The summed E-state index contributed by atoms with van der Waals surface area (Å²) in [5.41, 5.74) is 1.92. The van der Waals surface area contributed by atoms with Gasteiger partial charge in [-0.2, -0.15) is 0 Å². The van der Waals surface area contributed by atoms with Crippen molar-refractivity contribution in [1.29, 1.82) is 0 Å². The average molecular weight is 529 g/mol. The van der Waals surface area contributed by atoms with Crippen molar-refractivity contribution in [3.05, 3.63) is 128 Å². The van der Waals surface area contributed by atoms with Gasteiger partial charge in [-0.3, -0.25) is 9.78 Å². The number of aromatic amines is 2. The van der Waals surface area contributed by atoms with Crippen LogP contribution in [0, 0.1) is 6.92 Å². The van der Waals surface area contributed by atoms with Crippen molar-refractivity contribution in [2.75, 3.05) is 20.8 Å². The zero-order valence-electron chi connectivity index (χ0n) is 22.2. The lowest BCUT2D eigenvalue weighted by Crippen LogP contribution is -2.35. The third kappa shape index (κ3) is 5.26. The summed E-state index contributed by atoms with van der Waals surface area (Å²) in [6.07, 6.45) is 0.755. The Morgan fingerprint density at radius 2 is 1.36 bits per heavy atom. The highest BCUT2D eigenvalue weighted by atomic mass is 16.6. The van der Waals surface area contributed by atoms with Gasteiger partial charge in [0.25, 0.3) is 5.56 Å². The lowest BCUT2D eigenvalue weighted by Gasteiger charge is -2.37. The van der Waals surface area contributed by atoms with E-state index < -0.39 is 16.9 Å². The highest BCUT2D eigenvalue weighted by Gasteiger charge is 2.40. The van der Waals surface area contributed by atoms with Gasteiger partial charge in [0.2, 0.25) is 0 Å². The molecule has 4 aromatic rings. The van der Waals surface area contributed by atoms with E-state index in [0.717, 1.165) is 34.6 Å². The molecule has 2 unspecified atom stereocenters. The number of ether oxygens (including phenoxy) is 4. The number of hydrogen-bond acceptors (Lipinski definition) is 6. The molecule has 0 bridgehead atoms. The molecule has 0 aliphatic carbocycles. The van der Waals surface area contributed by atoms with Gasteiger partial charge in [0.05, 0.1) is 38.7 Å². The minimum atomic E-state index is -0.949. The first-order valence-electron chi connectivity index (χ1n) is 12.9. The Morgan fingerprint density at radius 3 is 1.92 bits per heavy atom. The molecule has 39 heavy (non-hydrogen) atoms. The zero-order chi connectivity index (χ0) is 27.4. The van der Waals surface area contributed by atoms with Gasteiger partial charge in [0.1, 0.15) is 17.1 Å². The molecule has 1 aliphatic rings. The van der Waals surface area contributed by atoms with Crippen LogP contribution < -0.4 is 20.7 Å². The standard InChI is InChI=1S/C31H32N2O6/c1-20-28(32-30(35)33-29(20)34)27-18-17-26(39-27)19-38-31(21-7-5-4-6-8-21,22-9-13-24(36-2)14-10-22)23-11-15-25(37-3)16-12-23/h4-16,26-27H,17-19H2,1-3H3,(H2,32,33,34,35). The number of methoxy groups -OCH3 is 2. The molecule has 0 spiro atoms. The molecule has 0 radical (unpaired) electrons. The molecule has 8 heteroatoms. The van der Waals surface area contributed by atoms with Crippen molar-refractivity contribution >= 4 is 0 Å². The van der Waals surface area contributed by atoms with E-state index in [1.54, 1.807) is 21.1 Å². The predicted molar refractivity (Wildman–Crippen MR) is 148 cm³/mol. The minimum absolute atomic E-state index is 0.239.